The molecule has 1 aromatic carbocycles. The maximum absolute atomic E-state index is 13.8. The van der Waals surface area contributed by atoms with Crippen LogP contribution in [0, 0.1) is 11.6 Å². The second-order valence-corrected chi connectivity index (χ2v) is 4.28. The Balaban J connectivity index is 2.46. The SMILES string of the molecule is CC[C@@H](COC)n1ccnc1-c1cccc(F)c1F. The minimum Gasteiger partial charge on any atom is -0.383 e. The molecule has 0 N–H and O–H groups in total. The highest BCUT2D eigenvalue weighted by Gasteiger charge is 2.18. The summed E-state index contributed by atoms with van der Waals surface area (Å²) in [6.07, 6.45) is 4.15. The van der Waals surface area contributed by atoms with Crippen molar-refractivity contribution in [2.45, 2.75) is 19.4 Å². The number of ether oxygens (including phenoxy) is 1. The van der Waals surface area contributed by atoms with Crippen molar-refractivity contribution in [3.8, 4) is 11.4 Å². The van der Waals surface area contributed by atoms with E-state index in [0.717, 1.165) is 12.5 Å². The van der Waals surface area contributed by atoms with Crippen LogP contribution >= 0.6 is 0 Å². The number of benzene rings is 1. The van der Waals surface area contributed by atoms with Gasteiger partial charge in [-0.3, -0.25) is 0 Å². The van der Waals surface area contributed by atoms with Crippen molar-refractivity contribution in [1.29, 1.82) is 0 Å². The first-order valence-electron chi connectivity index (χ1n) is 6.15. The molecular formula is C14H16F2N2O. The topological polar surface area (TPSA) is 27.1 Å². The monoisotopic (exact) mass is 266 g/mol. The first kappa shape index (κ1) is 13.7. The van der Waals surface area contributed by atoms with E-state index in [4.69, 9.17) is 4.74 Å². The van der Waals surface area contributed by atoms with E-state index in [1.54, 1.807) is 19.5 Å². The zero-order chi connectivity index (χ0) is 13.8. The summed E-state index contributed by atoms with van der Waals surface area (Å²) < 4.78 is 34.1. The molecule has 2 aromatic rings. The smallest absolute Gasteiger partial charge is 0.169 e. The van der Waals surface area contributed by atoms with Crippen LogP contribution in [0.5, 0.6) is 0 Å². The van der Waals surface area contributed by atoms with Crippen LogP contribution in [0.2, 0.25) is 0 Å². The summed E-state index contributed by atoms with van der Waals surface area (Å²) in [5, 5.41) is 0. The molecule has 1 aromatic heterocycles. The lowest BCUT2D eigenvalue weighted by Crippen LogP contribution is -2.14. The van der Waals surface area contributed by atoms with E-state index in [1.165, 1.54) is 12.1 Å². The number of imidazole rings is 1. The summed E-state index contributed by atoms with van der Waals surface area (Å²) in [6, 6.07) is 4.14. The molecule has 0 unspecified atom stereocenters. The van der Waals surface area contributed by atoms with E-state index in [2.05, 4.69) is 4.98 Å². The maximum atomic E-state index is 13.8. The molecule has 0 fully saturated rings. The molecule has 1 heterocycles. The molecule has 102 valence electrons. The van der Waals surface area contributed by atoms with Gasteiger partial charge in [0.2, 0.25) is 0 Å². The van der Waals surface area contributed by atoms with Crippen molar-refractivity contribution in [3.05, 3.63) is 42.2 Å². The largest absolute Gasteiger partial charge is 0.383 e. The molecule has 0 aliphatic carbocycles. The molecule has 5 heteroatoms. The van der Waals surface area contributed by atoms with Crippen LogP contribution in [-0.2, 0) is 4.74 Å². The lowest BCUT2D eigenvalue weighted by Gasteiger charge is -2.18. The Bertz CT molecular complexity index is 554. The molecular weight excluding hydrogens is 250 g/mol. The highest BCUT2D eigenvalue weighted by Crippen LogP contribution is 2.26. The number of methoxy groups -OCH3 is 1. The van der Waals surface area contributed by atoms with Crippen LogP contribution in [0.3, 0.4) is 0 Å². The molecule has 0 amide bonds. The number of nitrogens with zero attached hydrogens (tertiary/aromatic N) is 2. The molecule has 3 nitrogen and oxygen atoms in total. The molecule has 0 aliphatic rings. The number of hydrogen-bond donors (Lipinski definition) is 0. The van der Waals surface area contributed by atoms with Crippen molar-refractivity contribution in [1.82, 2.24) is 9.55 Å². The predicted octanol–water partition coefficient (Wildman–Crippen LogP) is 3.43. The highest BCUT2D eigenvalue weighted by molar-refractivity contribution is 5.56. The Hall–Kier alpha value is -1.75. The molecule has 0 radical (unpaired) electrons. The van der Waals surface area contributed by atoms with Gasteiger partial charge in [0, 0.05) is 19.5 Å². The van der Waals surface area contributed by atoms with Crippen LogP contribution in [0.25, 0.3) is 11.4 Å². The van der Waals surface area contributed by atoms with E-state index in [9.17, 15) is 8.78 Å². The van der Waals surface area contributed by atoms with Crippen molar-refractivity contribution >= 4 is 0 Å². The van der Waals surface area contributed by atoms with Crippen molar-refractivity contribution in [3.63, 3.8) is 0 Å². The molecule has 0 aliphatic heterocycles. The Morgan fingerprint density at radius 1 is 1.37 bits per heavy atom. The third-order valence-electron chi connectivity index (χ3n) is 3.08. The van der Waals surface area contributed by atoms with E-state index >= 15 is 0 Å². The molecule has 19 heavy (non-hydrogen) atoms. The summed E-state index contributed by atoms with van der Waals surface area (Å²) in [4.78, 5) is 4.14. The Morgan fingerprint density at radius 2 is 2.16 bits per heavy atom. The zero-order valence-electron chi connectivity index (χ0n) is 10.9. The number of aromatic nitrogens is 2. The number of halogens is 2. The summed E-state index contributed by atoms with van der Waals surface area (Å²) >= 11 is 0. The van der Waals surface area contributed by atoms with Crippen molar-refractivity contribution in [2.75, 3.05) is 13.7 Å². The number of hydrogen-bond acceptors (Lipinski definition) is 2. The van der Waals surface area contributed by atoms with Gasteiger partial charge in [0.15, 0.2) is 11.6 Å². The lowest BCUT2D eigenvalue weighted by atomic mass is 10.1. The van der Waals surface area contributed by atoms with E-state index in [-0.39, 0.29) is 11.6 Å². The van der Waals surface area contributed by atoms with Gasteiger partial charge in [0.25, 0.3) is 0 Å². The van der Waals surface area contributed by atoms with Gasteiger partial charge in [-0.15, -0.1) is 0 Å². The highest BCUT2D eigenvalue weighted by atomic mass is 19.2. The van der Waals surface area contributed by atoms with Gasteiger partial charge in [-0.1, -0.05) is 13.0 Å². The first-order valence-corrected chi connectivity index (χ1v) is 6.15. The Labute approximate surface area is 110 Å². The summed E-state index contributed by atoms with van der Waals surface area (Å²) in [5.41, 5.74) is 0.166. The van der Waals surface area contributed by atoms with Crippen molar-refractivity contribution in [2.24, 2.45) is 0 Å². The minimum atomic E-state index is -0.873. The van der Waals surface area contributed by atoms with E-state index < -0.39 is 11.6 Å². The minimum absolute atomic E-state index is 0.0465. The third-order valence-corrected chi connectivity index (χ3v) is 3.08. The average Bonchev–Trinajstić information content (AvgIpc) is 2.88. The summed E-state index contributed by atoms with van der Waals surface area (Å²) in [7, 11) is 1.61. The predicted molar refractivity (Wildman–Crippen MR) is 68.8 cm³/mol. The van der Waals surface area contributed by atoms with Crippen molar-refractivity contribution < 1.29 is 13.5 Å². The zero-order valence-corrected chi connectivity index (χ0v) is 10.9. The first-order chi connectivity index (χ1) is 9.19. The van der Waals surface area contributed by atoms with Crippen LogP contribution in [0.1, 0.15) is 19.4 Å². The van der Waals surface area contributed by atoms with Crippen LogP contribution in [0.4, 0.5) is 8.78 Å². The van der Waals surface area contributed by atoms with E-state index in [0.29, 0.717) is 12.4 Å². The van der Waals surface area contributed by atoms with Crippen LogP contribution in [0.15, 0.2) is 30.6 Å². The van der Waals surface area contributed by atoms with Gasteiger partial charge in [-0.2, -0.15) is 0 Å². The molecule has 0 spiro atoms. The fourth-order valence-corrected chi connectivity index (χ4v) is 2.08. The lowest BCUT2D eigenvalue weighted by molar-refractivity contribution is 0.154. The van der Waals surface area contributed by atoms with Crippen LogP contribution in [-0.4, -0.2) is 23.3 Å². The quantitative estimate of drug-likeness (QED) is 0.829. The van der Waals surface area contributed by atoms with Gasteiger partial charge in [-0.05, 0) is 18.6 Å². The normalized spacial score (nSPS) is 12.6. The Morgan fingerprint density at radius 3 is 2.84 bits per heavy atom. The second-order valence-electron chi connectivity index (χ2n) is 4.28. The fourth-order valence-electron chi connectivity index (χ4n) is 2.08. The Kier molecular flexibility index (Phi) is 4.27. The molecule has 1 atom stereocenters. The number of rotatable bonds is 5. The van der Waals surface area contributed by atoms with Gasteiger partial charge in [0.05, 0.1) is 18.2 Å². The molecule has 2 rings (SSSR count). The van der Waals surface area contributed by atoms with E-state index in [1.807, 2.05) is 11.5 Å². The van der Waals surface area contributed by atoms with Gasteiger partial charge < -0.3 is 9.30 Å². The molecule has 0 saturated carbocycles. The fraction of sp³-hybridized carbons (Fsp3) is 0.357. The van der Waals surface area contributed by atoms with Gasteiger partial charge in [0.1, 0.15) is 5.82 Å². The summed E-state index contributed by atoms with van der Waals surface area (Å²) in [6.45, 7) is 2.51. The third kappa shape index (κ3) is 2.66. The standard InChI is InChI=1S/C14H16F2N2O/c1-3-10(9-19-2)18-8-7-17-14(18)11-5-4-6-12(15)13(11)16/h4-8,10H,3,9H2,1-2H3/t10-/m0/s1. The molecule has 0 bridgehead atoms. The maximum Gasteiger partial charge on any atom is 0.169 e. The second kappa shape index (κ2) is 5.93. The van der Waals surface area contributed by atoms with Gasteiger partial charge in [-0.25, -0.2) is 13.8 Å². The molecule has 0 saturated heterocycles. The summed E-state index contributed by atoms with van der Waals surface area (Å²) in [5.74, 6) is -1.32. The van der Waals surface area contributed by atoms with Gasteiger partial charge >= 0.3 is 0 Å². The average molecular weight is 266 g/mol. The van der Waals surface area contributed by atoms with Crippen LogP contribution < -0.4 is 0 Å².